The van der Waals surface area contributed by atoms with E-state index in [2.05, 4.69) is 16.3 Å². The van der Waals surface area contributed by atoms with Crippen LogP contribution in [0, 0.1) is 5.92 Å². The van der Waals surface area contributed by atoms with Gasteiger partial charge in [-0.2, -0.15) is 0 Å². The molecule has 1 aromatic carbocycles. The Morgan fingerprint density at radius 1 is 1.43 bits per heavy atom. The lowest BCUT2D eigenvalue weighted by atomic mass is 10.1. The SMILES string of the molecule is CCOc1cccc(CN2C[C@@H](CO)[C@H](NC(=O)COC)C2)c1. The van der Waals surface area contributed by atoms with Gasteiger partial charge in [-0.1, -0.05) is 12.1 Å². The fraction of sp³-hybridized carbons (Fsp3) is 0.588. The topological polar surface area (TPSA) is 71.0 Å². The van der Waals surface area contributed by atoms with E-state index >= 15 is 0 Å². The van der Waals surface area contributed by atoms with Gasteiger partial charge in [-0.3, -0.25) is 9.69 Å². The van der Waals surface area contributed by atoms with Crippen molar-refractivity contribution in [2.45, 2.75) is 19.5 Å². The zero-order chi connectivity index (χ0) is 16.7. The molecule has 1 fully saturated rings. The number of carbonyl (C=O) groups excluding carboxylic acids is 1. The van der Waals surface area contributed by atoms with Crippen LogP contribution in [0.25, 0.3) is 0 Å². The summed E-state index contributed by atoms with van der Waals surface area (Å²) in [7, 11) is 1.50. The number of likely N-dealkylation sites (tertiary alicyclic amines) is 1. The van der Waals surface area contributed by atoms with Gasteiger partial charge in [0.1, 0.15) is 12.4 Å². The van der Waals surface area contributed by atoms with Crippen LogP contribution in [-0.2, 0) is 16.1 Å². The van der Waals surface area contributed by atoms with Gasteiger partial charge >= 0.3 is 0 Å². The summed E-state index contributed by atoms with van der Waals surface area (Å²) in [6, 6.07) is 7.98. The summed E-state index contributed by atoms with van der Waals surface area (Å²) in [5.74, 6) is 0.773. The molecule has 6 heteroatoms. The molecule has 0 spiro atoms. The van der Waals surface area contributed by atoms with Crippen LogP contribution in [0.5, 0.6) is 5.75 Å². The Morgan fingerprint density at radius 2 is 2.26 bits per heavy atom. The van der Waals surface area contributed by atoms with E-state index in [1.807, 2.05) is 25.1 Å². The number of amides is 1. The molecular weight excluding hydrogens is 296 g/mol. The van der Waals surface area contributed by atoms with Gasteiger partial charge in [0.15, 0.2) is 0 Å². The quantitative estimate of drug-likeness (QED) is 0.735. The lowest BCUT2D eigenvalue weighted by Crippen LogP contribution is -2.43. The highest BCUT2D eigenvalue weighted by molar-refractivity contribution is 5.77. The third-order valence-electron chi connectivity index (χ3n) is 3.99. The van der Waals surface area contributed by atoms with Gasteiger partial charge in [-0.25, -0.2) is 0 Å². The number of aliphatic hydroxyl groups is 1. The molecule has 1 amide bonds. The molecular formula is C17H26N2O4. The number of hydrogen-bond donors (Lipinski definition) is 2. The molecule has 1 aromatic rings. The predicted molar refractivity (Wildman–Crippen MR) is 87.3 cm³/mol. The lowest BCUT2D eigenvalue weighted by Gasteiger charge is -2.18. The standard InChI is InChI=1S/C17H26N2O4/c1-3-23-15-6-4-5-13(7-15)8-19-9-14(11-20)16(10-19)18-17(21)12-22-2/h4-7,14,16,20H,3,8-12H2,1-2H3,(H,18,21)/t14-,16+/m0/s1. The van der Waals surface area contributed by atoms with Crippen LogP contribution in [0.4, 0.5) is 0 Å². The smallest absolute Gasteiger partial charge is 0.246 e. The molecule has 23 heavy (non-hydrogen) atoms. The Hall–Kier alpha value is -1.63. The van der Waals surface area contributed by atoms with E-state index in [1.165, 1.54) is 7.11 Å². The van der Waals surface area contributed by atoms with E-state index in [1.54, 1.807) is 0 Å². The number of benzene rings is 1. The second-order valence-electron chi connectivity index (χ2n) is 5.82. The number of nitrogens with zero attached hydrogens (tertiary/aromatic N) is 1. The molecule has 0 saturated carbocycles. The van der Waals surface area contributed by atoms with E-state index < -0.39 is 0 Å². The summed E-state index contributed by atoms with van der Waals surface area (Å²) in [5.41, 5.74) is 1.16. The first kappa shape index (κ1) is 17.7. The minimum Gasteiger partial charge on any atom is -0.494 e. The molecule has 128 valence electrons. The van der Waals surface area contributed by atoms with Gasteiger partial charge in [-0.05, 0) is 24.6 Å². The van der Waals surface area contributed by atoms with E-state index in [0.29, 0.717) is 6.61 Å². The maximum absolute atomic E-state index is 11.7. The Bertz CT molecular complexity index is 509. The van der Waals surface area contributed by atoms with Crippen molar-refractivity contribution in [2.75, 3.05) is 40.0 Å². The molecule has 0 bridgehead atoms. The molecule has 1 heterocycles. The Labute approximate surface area is 137 Å². The van der Waals surface area contributed by atoms with Crippen LogP contribution in [0.1, 0.15) is 12.5 Å². The van der Waals surface area contributed by atoms with E-state index in [0.717, 1.165) is 30.9 Å². The fourth-order valence-electron chi connectivity index (χ4n) is 2.98. The van der Waals surface area contributed by atoms with Crippen LogP contribution in [0.15, 0.2) is 24.3 Å². The molecule has 0 aromatic heterocycles. The minimum absolute atomic E-state index is 0.0438. The Kier molecular flexibility index (Phi) is 6.83. The molecule has 2 rings (SSSR count). The number of methoxy groups -OCH3 is 1. The normalized spacial score (nSPS) is 21.3. The van der Waals surface area contributed by atoms with Gasteiger partial charge in [0, 0.05) is 45.3 Å². The second kappa shape index (κ2) is 8.86. The zero-order valence-electron chi connectivity index (χ0n) is 13.8. The van der Waals surface area contributed by atoms with Crippen LogP contribution in [0.3, 0.4) is 0 Å². The highest BCUT2D eigenvalue weighted by Gasteiger charge is 2.33. The molecule has 6 nitrogen and oxygen atoms in total. The average molecular weight is 322 g/mol. The number of nitrogens with one attached hydrogen (secondary N) is 1. The van der Waals surface area contributed by atoms with Gasteiger partial charge < -0.3 is 19.9 Å². The molecule has 1 aliphatic rings. The average Bonchev–Trinajstić information content (AvgIpc) is 2.89. The summed E-state index contributed by atoms with van der Waals surface area (Å²) in [4.78, 5) is 13.9. The molecule has 1 aliphatic heterocycles. The van der Waals surface area contributed by atoms with Gasteiger partial charge in [0.2, 0.25) is 5.91 Å². The third-order valence-corrected chi connectivity index (χ3v) is 3.99. The van der Waals surface area contributed by atoms with Crippen LogP contribution in [0.2, 0.25) is 0 Å². The molecule has 0 radical (unpaired) electrons. The third kappa shape index (κ3) is 5.20. The first-order valence-electron chi connectivity index (χ1n) is 7.99. The second-order valence-corrected chi connectivity index (χ2v) is 5.82. The first-order valence-corrected chi connectivity index (χ1v) is 7.99. The van der Waals surface area contributed by atoms with Crippen molar-refractivity contribution in [3.63, 3.8) is 0 Å². The number of hydrogen-bond acceptors (Lipinski definition) is 5. The summed E-state index contributed by atoms with van der Waals surface area (Å²) in [5, 5.41) is 12.5. The largest absolute Gasteiger partial charge is 0.494 e. The van der Waals surface area contributed by atoms with Gasteiger partial charge in [0.05, 0.1) is 6.61 Å². The van der Waals surface area contributed by atoms with Crippen molar-refractivity contribution >= 4 is 5.91 Å². The number of ether oxygens (including phenoxy) is 2. The Morgan fingerprint density at radius 3 is 2.96 bits per heavy atom. The number of aliphatic hydroxyl groups excluding tert-OH is 1. The molecule has 1 saturated heterocycles. The van der Waals surface area contributed by atoms with Crippen molar-refractivity contribution in [3.8, 4) is 5.75 Å². The highest BCUT2D eigenvalue weighted by Crippen LogP contribution is 2.21. The van der Waals surface area contributed by atoms with Gasteiger partial charge in [-0.15, -0.1) is 0 Å². The monoisotopic (exact) mass is 322 g/mol. The highest BCUT2D eigenvalue weighted by atomic mass is 16.5. The molecule has 0 aliphatic carbocycles. The molecule has 2 atom stereocenters. The number of carbonyl (C=O) groups is 1. The summed E-state index contributed by atoms with van der Waals surface area (Å²) >= 11 is 0. The zero-order valence-corrected chi connectivity index (χ0v) is 13.8. The Balaban J connectivity index is 1.93. The van der Waals surface area contributed by atoms with Crippen molar-refractivity contribution in [1.29, 1.82) is 0 Å². The van der Waals surface area contributed by atoms with Gasteiger partial charge in [0.25, 0.3) is 0 Å². The van der Waals surface area contributed by atoms with Crippen molar-refractivity contribution < 1.29 is 19.4 Å². The van der Waals surface area contributed by atoms with Crippen molar-refractivity contribution in [3.05, 3.63) is 29.8 Å². The lowest BCUT2D eigenvalue weighted by molar-refractivity contribution is -0.125. The number of rotatable bonds is 8. The van der Waals surface area contributed by atoms with Crippen LogP contribution >= 0.6 is 0 Å². The maximum Gasteiger partial charge on any atom is 0.246 e. The first-order chi connectivity index (χ1) is 11.2. The fourth-order valence-corrected chi connectivity index (χ4v) is 2.98. The minimum atomic E-state index is -0.142. The summed E-state index contributed by atoms with van der Waals surface area (Å²) in [6.07, 6.45) is 0. The van der Waals surface area contributed by atoms with Crippen molar-refractivity contribution in [1.82, 2.24) is 10.2 Å². The predicted octanol–water partition coefficient (Wildman–Crippen LogP) is 0.641. The van der Waals surface area contributed by atoms with E-state index in [9.17, 15) is 9.90 Å². The van der Waals surface area contributed by atoms with E-state index in [4.69, 9.17) is 9.47 Å². The molecule has 0 unspecified atom stereocenters. The maximum atomic E-state index is 11.7. The van der Waals surface area contributed by atoms with Crippen LogP contribution in [-0.4, -0.2) is 62.0 Å². The summed E-state index contributed by atoms with van der Waals surface area (Å²) < 4.78 is 10.4. The summed E-state index contributed by atoms with van der Waals surface area (Å²) in [6.45, 7) is 4.97. The van der Waals surface area contributed by atoms with Crippen molar-refractivity contribution in [2.24, 2.45) is 5.92 Å². The van der Waals surface area contributed by atoms with E-state index in [-0.39, 0.29) is 31.1 Å². The molecule has 2 N–H and O–H groups in total. The van der Waals surface area contributed by atoms with Crippen LogP contribution < -0.4 is 10.1 Å².